The van der Waals surface area contributed by atoms with Crippen molar-refractivity contribution in [1.29, 1.82) is 0 Å². The fourth-order valence-corrected chi connectivity index (χ4v) is 4.20. The molecule has 1 aromatic carbocycles. The van der Waals surface area contributed by atoms with Gasteiger partial charge in [0, 0.05) is 44.1 Å². The Morgan fingerprint density at radius 3 is 2.79 bits per heavy atom. The van der Waals surface area contributed by atoms with Gasteiger partial charge in [-0.1, -0.05) is 26.0 Å². The number of hydrogen-bond acceptors (Lipinski definition) is 7. The molecule has 0 spiro atoms. The maximum Gasteiger partial charge on any atom is 0.237 e. The molecule has 4 rings (SSSR count). The Hall–Kier alpha value is -3.30. The quantitative estimate of drug-likeness (QED) is 0.503. The standard InChI is InChI=1S/C25H33N7O2/c1-18(2)14-30-8-9-31(24(34)17-30)15-21-5-4-20(12-19(21)3)23-6-7-26-25(29-23)28-22-13-27-32(16-22)10-11-33/h4-7,12-13,16,18,33H,8-11,14-15,17H2,1-3H3,(H,26,28,29). The van der Waals surface area contributed by atoms with E-state index in [1.807, 2.05) is 17.0 Å². The maximum atomic E-state index is 12.7. The van der Waals surface area contributed by atoms with Gasteiger partial charge >= 0.3 is 0 Å². The summed E-state index contributed by atoms with van der Waals surface area (Å²) in [6.45, 7) is 10.7. The summed E-state index contributed by atoms with van der Waals surface area (Å²) in [7, 11) is 0. The minimum absolute atomic E-state index is 0.0327. The first-order valence-electron chi connectivity index (χ1n) is 11.7. The van der Waals surface area contributed by atoms with Crippen molar-refractivity contribution in [1.82, 2.24) is 29.5 Å². The number of amides is 1. The van der Waals surface area contributed by atoms with E-state index in [2.05, 4.69) is 58.2 Å². The number of nitrogens with zero attached hydrogens (tertiary/aromatic N) is 6. The highest BCUT2D eigenvalue weighted by atomic mass is 16.3. The van der Waals surface area contributed by atoms with Gasteiger partial charge in [-0.3, -0.25) is 14.4 Å². The monoisotopic (exact) mass is 463 g/mol. The average molecular weight is 464 g/mol. The fourth-order valence-electron chi connectivity index (χ4n) is 4.20. The van der Waals surface area contributed by atoms with Crippen LogP contribution in [-0.2, 0) is 17.9 Å². The second-order valence-corrected chi connectivity index (χ2v) is 9.19. The number of carbonyl (C=O) groups excluding carboxylic acids is 1. The van der Waals surface area contributed by atoms with Crippen LogP contribution in [0.25, 0.3) is 11.3 Å². The number of carbonyl (C=O) groups is 1. The highest BCUT2D eigenvalue weighted by molar-refractivity contribution is 5.79. The van der Waals surface area contributed by atoms with E-state index in [9.17, 15) is 4.79 Å². The molecule has 1 fully saturated rings. The largest absolute Gasteiger partial charge is 0.394 e. The number of piperazine rings is 1. The van der Waals surface area contributed by atoms with Gasteiger partial charge in [0.05, 0.1) is 37.3 Å². The van der Waals surface area contributed by atoms with Crippen LogP contribution in [0.4, 0.5) is 11.6 Å². The van der Waals surface area contributed by atoms with Crippen molar-refractivity contribution in [2.75, 3.05) is 38.1 Å². The molecule has 180 valence electrons. The normalized spacial score (nSPS) is 14.7. The zero-order valence-corrected chi connectivity index (χ0v) is 20.1. The van der Waals surface area contributed by atoms with E-state index in [0.29, 0.717) is 31.5 Å². The van der Waals surface area contributed by atoms with Crippen LogP contribution in [0.1, 0.15) is 25.0 Å². The summed E-state index contributed by atoms with van der Waals surface area (Å²) in [4.78, 5) is 25.8. The molecule has 0 bridgehead atoms. The molecule has 34 heavy (non-hydrogen) atoms. The summed E-state index contributed by atoms with van der Waals surface area (Å²) >= 11 is 0. The first-order chi connectivity index (χ1) is 16.4. The molecule has 0 saturated carbocycles. The number of hydrogen-bond donors (Lipinski definition) is 2. The minimum Gasteiger partial charge on any atom is -0.394 e. The van der Waals surface area contributed by atoms with Crippen LogP contribution in [0, 0.1) is 12.8 Å². The summed E-state index contributed by atoms with van der Waals surface area (Å²) in [6.07, 6.45) is 5.20. The number of nitrogens with one attached hydrogen (secondary N) is 1. The van der Waals surface area contributed by atoms with Gasteiger partial charge in [0.1, 0.15) is 0 Å². The number of aliphatic hydroxyl groups is 1. The van der Waals surface area contributed by atoms with E-state index in [0.717, 1.165) is 47.7 Å². The Balaban J connectivity index is 1.42. The predicted octanol–water partition coefficient (Wildman–Crippen LogP) is 2.68. The van der Waals surface area contributed by atoms with E-state index < -0.39 is 0 Å². The molecule has 1 saturated heterocycles. The van der Waals surface area contributed by atoms with Crippen LogP contribution in [0.5, 0.6) is 0 Å². The molecular formula is C25H33N7O2. The first kappa shape index (κ1) is 23.8. The number of aryl methyl sites for hydroxylation is 1. The van der Waals surface area contributed by atoms with Crippen molar-refractivity contribution in [2.24, 2.45) is 5.92 Å². The molecule has 2 aromatic heterocycles. The summed E-state index contributed by atoms with van der Waals surface area (Å²) in [6, 6.07) is 8.13. The lowest BCUT2D eigenvalue weighted by atomic mass is 10.0. The van der Waals surface area contributed by atoms with Gasteiger partial charge in [0.25, 0.3) is 0 Å². The average Bonchev–Trinajstić information content (AvgIpc) is 3.23. The fraction of sp³-hybridized carbons (Fsp3) is 0.440. The Morgan fingerprint density at radius 1 is 1.21 bits per heavy atom. The van der Waals surface area contributed by atoms with Gasteiger partial charge in [-0.05, 0) is 36.1 Å². The third-order valence-electron chi connectivity index (χ3n) is 5.89. The lowest BCUT2D eigenvalue weighted by Gasteiger charge is -2.35. The number of benzene rings is 1. The maximum absolute atomic E-state index is 12.7. The highest BCUT2D eigenvalue weighted by Crippen LogP contribution is 2.23. The molecule has 0 radical (unpaired) electrons. The van der Waals surface area contributed by atoms with E-state index in [4.69, 9.17) is 5.11 Å². The van der Waals surface area contributed by atoms with Gasteiger partial charge in [-0.15, -0.1) is 0 Å². The van der Waals surface area contributed by atoms with Crippen molar-refractivity contribution in [2.45, 2.75) is 33.9 Å². The lowest BCUT2D eigenvalue weighted by Crippen LogP contribution is -2.50. The van der Waals surface area contributed by atoms with Gasteiger partial charge in [-0.25, -0.2) is 9.97 Å². The van der Waals surface area contributed by atoms with Crippen LogP contribution >= 0.6 is 0 Å². The summed E-state index contributed by atoms with van der Waals surface area (Å²) < 4.78 is 1.66. The van der Waals surface area contributed by atoms with E-state index in [1.54, 1.807) is 23.3 Å². The van der Waals surface area contributed by atoms with Crippen LogP contribution in [0.3, 0.4) is 0 Å². The summed E-state index contributed by atoms with van der Waals surface area (Å²) in [5.41, 5.74) is 4.85. The third-order valence-corrected chi connectivity index (χ3v) is 5.89. The van der Waals surface area contributed by atoms with Crippen molar-refractivity contribution in [3.63, 3.8) is 0 Å². The number of anilines is 2. The Labute approximate surface area is 200 Å². The zero-order valence-electron chi connectivity index (χ0n) is 20.1. The van der Waals surface area contributed by atoms with Crippen molar-refractivity contribution < 1.29 is 9.90 Å². The van der Waals surface area contributed by atoms with E-state index in [1.165, 1.54) is 0 Å². The minimum atomic E-state index is 0.0327. The Kier molecular flexibility index (Phi) is 7.54. The van der Waals surface area contributed by atoms with E-state index >= 15 is 0 Å². The molecule has 0 atom stereocenters. The SMILES string of the molecule is Cc1cc(-c2ccnc(Nc3cnn(CCO)c3)n2)ccc1CN1CCN(CC(C)C)CC1=O. The Bertz CT molecular complexity index is 1130. The summed E-state index contributed by atoms with van der Waals surface area (Å²) in [5, 5.41) is 16.4. The molecule has 1 aliphatic rings. The van der Waals surface area contributed by atoms with Crippen molar-refractivity contribution >= 4 is 17.5 Å². The van der Waals surface area contributed by atoms with Gasteiger partial charge in [0.15, 0.2) is 0 Å². The van der Waals surface area contributed by atoms with Crippen molar-refractivity contribution in [3.8, 4) is 11.3 Å². The van der Waals surface area contributed by atoms with Crippen LogP contribution in [-0.4, -0.2) is 73.3 Å². The van der Waals surface area contributed by atoms with E-state index in [-0.39, 0.29) is 12.5 Å². The molecule has 9 nitrogen and oxygen atoms in total. The topological polar surface area (TPSA) is 99.4 Å². The second-order valence-electron chi connectivity index (χ2n) is 9.19. The molecule has 2 N–H and O–H groups in total. The number of rotatable bonds is 9. The van der Waals surface area contributed by atoms with Crippen molar-refractivity contribution in [3.05, 3.63) is 54.0 Å². The molecule has 1 amide bonds. The second kappa shape index (κ2) is 10.8. The molecule has 1 aliphatic heterocycles. The third kappa shape index (κ3) is 5.98. The number of aliphatic hydroxyl groups excluding tert-OH is 1. The molecule has 3 heterocycles. The molecule has 0 unspecified atom stereocenters. The zero-order chi connectivity index (χ0) is 24.1. The van der Waals surface area contributed by atoms with Crippen LogP contribution < -0.4 is 5.32 Å². The number of aromatic nitrogens is 4. The van der Waals surface area contributed by atoms with Crippen LogP contribution in [0.2, 0.25) is 0 Å². The molecule has 0 aliphatic carbocycles. The van der Waals surface area contributed by atoms with Gasteiger partial charge in [0.2, 0.25) is 11.9 Å². The summed E-state index contributed by atoms with van der Waals surface area (Å²) in [5.74, 6) is 1.24. The predicted molar refractivity (Wildman–Crippen MR) is 131 cm³/mol. The van der Waals surface area contributed by atoms with Crippen LogP contribution in [0.15, 0.2) is 42.9 Å². The smallest absolute Gasteiger partial charge is 0.237 e. The Morgan fingerprint density at radius 2 is 2.06 bits per heavy atom. The molecule has 9 heteroatoms. The van der Waals surface area contributed by atoms with Gasteiger partial charge in [-0.2, -0.15) is 5.10 Å². The molecular weight excluding hydrogens is 430 g/mol. The molecule has 3 aromatic rings. The lowest BCUT2D eigenvalue weighted by molar-refractivity contribution is -0.136. The van der Waals surface area contributed by atoms with Gasteiger partial charge < -0.3 is 15.3 Å². The highest BCUT2D eigenvalue weighted by Gasteiger charge is 2.24. The first-order valence-corrected chi connectivity index (χ1v) is 11.7.